The Morgan fingerprint density at radius 1 is 1.39 bits per heavy atom. The van der Waals surface area contributed by atoms with E-state index in [2.05, 4.69) is 10.3 Å². The van der Waals surface area contributed by atoms with E-state index >= 15 is 0 Å². The van der Waals surface area contributed by atoms with Gasteiger partial charge in [-0.15, -0.1) is 0 Å². The van der Waals surface area contributed by atoms with Gasteiger partial charge in [-0.3, -0.25) is 4.79 Å². The molecule has 1 aromatic carbocycles. The van der Waals surface area contributed by atoms with Crippen molar-refractivity contribution in [3.63, 3.8) is 0 Å². The Hall–Kier alpha value is -2.14. The fourth-order valence-corrected chi connectivity index (χ4v) is 1.50. The molecular weight excluding hydrogens is 257 g/mol. The highest BCUT2D eigenvalue weighted by Gasteiger charge is 2.10. The fraction of sp³-hybridized carbons (Fsp3) is 0. The molecule has 18 heavy (non-hydrogen) atoms. The number of carbonyl (C=O) groups excluding carboxylic acids is 1. The molecule has 2 aromatic rings. The standard InChI is InChI=1S/C12H9ClFN3O/c13-8-5-7(6-16-11(8)15)12(18)17-10-4-2-1-3-9(10)14/h1-6H,(H2,15,16)(H,17,18). The van der Waals surface area contributed by atoms with Gasteiger partial charge >= 0.3 is 0 Å². The first-order chi connectivity index (χ1) is 8.58. The number of rotatable bonds is 2. The van der Waals surface area contributed by atoms with Gasteiger partial charge in [0.15, 0.2) is 0 Å². The molecule has 0 spiro atoms. The summed E-state index contributed by atoms with van der Waals surface area (Å²) < 4.78 is 13.3. The van der Waals surface area contributed by atoms with E-state index < -0.39 is 11.7 Å². The Morgan fingerprint density at radius 2 is 2.11 bits per heavy atom. The molecule has 1 heterocycles. The first-order valence-corrected chi connectivity index (χ1v) is 5.42. The molecule has 92 valence electrons. The van der Waals surface area contributed by atoms with Crippen LogP contribution in [0.2, 0.25) is 5.02 Å². The first kappa shape index (κ1) is 12.3. The Kier molecular flexibility index (Phi) is 3.43. The maximum absolute atomic E-state index is 13.3. The SMILES string of the molecule is Nc1ncc(C(=O)Nc2ccccc2F)cc1Cl. The van der Waals surface area contributed by atoms with E-state index in [1.807, 2.05) is 0 Å². The lowest BCUT2D eigenvalue weighted by Crippen LogP contribution is -2.13. The number of benzene rings is 1. The van der Waals surface area contributed by atoms with Crippen LogP contribution >= 0.6 is 11.6 Å². The predicted octanol–water partition coefficient (Wildman–Crippen LogP) is 2.71. The number of nitrogens with zero attached hydrogens (tertiary/aromatic N) is 1. The van der Waals surface area contributed by atoms with Gasteiger partial charge in [0.05, 0.1) is 16.3 Å². The molecular formula is C12H9ClFN3O. The average Bonchev–Trinajstić information content (AvgIpc) is 2.35. The predicted molar refractivity (Wildman–Crippen MR) is 68.0 cm³/mol. The Bertz CT molecular complexity index is 604. The van der Waals surface area contributed by atoms with Crippen LogP contribution in [-0.2, 0) is 0 Å². The summed E-state index contributed by atoms with van der Waals surface area (Å²) in [6.07, 6.45) is 1.28. The molecule has 0 radical (unpaired) electrons. The van der Waals surface area contributed by atoms with Gasteiger partial charge in [-0.25, -0.2) is 9.37 Å². The molecule has 0 aliphatic carbocycles. The molecule has 3 N–H and O–H groups in total. The number of anilines is 2. The summed E-state index contributed by atoms with van der Waals surface area (Å²) in [7, 11) is 0. The van der Waals surface area contributed by atoms with Gasteiger partial charge < -0.3 is 11.1 Å². The smallest absolute Gasteiger partial charge is 0.257 e. The van der Waals surface area contributed by atoms with Crippen molar-refractivity contribution in [1.82, 2.24) is 4.98 Å². The number of hydrogen-bond donors (Lipinski definition) is 2. The van der Waals surface area contributed by atoms with E-state index in [0.717, 1.165) is 0 Å². The second kappa shape index (κ2) is 5.01. The molecule has 0 atom stereocenters. The molecule has 4 nitrogen and oxygen atoms in total. The minimum atomic E-state index is -0.514. The number of nitrogens with one attached hydrogen (secondary N) is 1. The van der Waals surface area contributed by atoms with Gasteiger partial charge in [-0.1, -0.05) is 23.7 Å². The van der Waals surface area contributed by atoms with Crippen molar-refractivity contribution >= 4 is 29.0 Å². The van der Waals surface area contributed by atoms with Gasteiger partial charge in [0.2, 0.25) is 0 Å². The Labute approximate surface area is 108 Å². The van der Waals surface area contributed by atoms with E-state index in [0.29, 0.717) is 0 Å². The summed E-state index contributed by atoms with van der Waals surface area (Å²) in [5.74, 6) is -0.881. The zero-order valence-corrected chi connectivity index (χ0v) is 9.91. The molecule has 0 bridgehead atoms. The highest BCUT2D eigenvalue weighted by Crippen LogP contribution is 2.18. The van der Waals surface area contributed by atoms with Crippen molar-refractivity contribution in [3.05, 3.63) is 52.9 Å². The van der Waals surface area contributed by atoms with E-state index in [4.69, 9.17) is 17.3 Å². The van der Waals surface area contributed by atoms with Crippen LogP contribution < -0.4 is 11.1 Å². The second-order valence-corrected chi connectivity index (χ2v) is 3.93. The van der Waals surface area contributed by atoms with Crippen LogP contribution in [0.4, 0.5) is 15.9 Å². The lowest BCUT2D eigenvalue weighted by molar-refractivity contribution is 0.102. The maximum atomic E-state index is 13.3. The van der Waals surface area contributed by atoms with E-state index in [1.165, 1.54) is 30.5 Å². The zero-order chi connectivity index (χ0) is 13.1. The quantitative estimate of drug-likeness (QED) is 0.877. The van der Waals surface area contributed by atoms with Crippen LogP contribution in [0.15, 0.2) is 36.5 Å². The molecule has 1 amide bonds. The Balaban J connectivity index is 2.22. The molecule has 0 unspecified atom stereocenters. The number of hydrogen-bond acceptors (Lipinski definition) is 3. The van der Waals surface area contributed by atoms with Gasteiger partial charge in [0, 0.05) is 6.20 Å². The molecule has 0 aliphatic rings. The summed E-state index contributed by atoms with van der Waals surface area (Å²) in [4.78, 5) is 15.6. The number of amides is 1. The van der Waals surface area contributed by atoms with Gasteiger partial charge in [0.1, 0.15) is 11.6 Å². The van der Waals surface area contributed by atoms with Gasteiger partial charge in [-0.05, 0) is 18.2 Å². The monoisotopic (exact) mass is 265 g/mol. The van der Waals surface area contributed by atoms with Crippen molar-refractivity contribution < 1.29 is 9.18 Å². The van der Waals surface area contributed by atoms with Crippen molar-refractivity contribution in [1.29, 1.82) is 0 Å². The summed E-state index contributed by atoms with van der Waals surface area (Å²) in [6.45, 7) is 0. The first-order valence-electron chi connectivity index (χ1n) is 5.05. The fourth-order valence-electron chi connectivity index (χ4n) is 1.33. The van der Waals surface area contributed by atoms with Gasteiger partial charge in [-0.2, -0.15) is 0 Å². The topological polar surface area (TPSA) is 68.0 Å². The molecule has 1 aromatic heterocycles. The van der Waals surface area contributed by atoms with Crippen LogP contribution in [0.1, 0.15) is 10.4 Å². The lowest BCUT2D eigenvalue weighted by Gasteiger charge is -2.06. The van der Waals surface area contributed by atoms with E-state index in [-0.39, 0.29) is 22.1 Å². The molecule has 6 heteroatoms. The zero-order valence-electron chi connectivity index (χ0n) is 9.15. The largest absolute Gasteiger partial charge is 0.382 e. The summed E-state index contributed by atoms with van der Waals surface area (Å²) >= 11 is 5.75. The third-order valence-electron chi connectivity index (χ3n) is 2.25. The molecule has 2 rings (SSSR count). The third kappa shape index (κ3) is 2.57. The minimum Gasteiger partial charge on any atom is -0.382 e. The molecule has 0 fully saturated rings. The van der Waals surface area contributed by atoms with Crippen molar-refractivity contribution in [2.75, 3.05) is 11.1 Å². The highest BCUT2D eigenvalue weighted by molar-refractivity contribution is 6.33. The summed E-state index contributed by atoms with van der Waals surface area (Å²) in [5, 5.41) is 2.60. The van der Waals surface area contributed by atoms with Crippen molar-refractivity contribution in [2.24, 2.45) is 0 Å². The lowest BCUT2D eigenvalue weighted by atomic mass is 10.2. The van der Waals surface area contributed by atoms with Crippen LogP contribution in [0.3, 0.4) is 0 Å². The normalized spacial score (nSPS) is 10.1. The number of para-hydroxylation sites is 1. The van der Waals surface area contributed by atoms with Gasteiger partial charge in [0.25, 0.3) is 5.91 Å². The number of halogens is 2. The number of pyridine rings is 1. The number of nitrogen functional groups attached to an aromatic ring is 1. The van der Waals surface area contributed by atoms with Crippen LogP contribution in [0.5, 0.6) is 0 Å². The Morgan fingerprint density at radius 3 is 2.78 bits per heavy atom. The third-order valence-corrected chi connectivity index (χ3v) is 2.56. The van der Waals surface area contributed by atoms with Crippen LogP contribution in [0, 0.1) is 5.82 Å². The number of carbonyl (C=O) groups is 1. The maximum Gasteiger partial charge on any atom is 0.257 e. The average molecular weight is 266 g/mol. The second-order valence-electron chi connectivity index (χ2n) is 3.53. The van der Waals surface area contributed by atoms with Crippen LogP contribution in [-0.4, -0.2) is 10.9 Å². The highest BCUT2D eigenvalue weighted by atomic mass is 35.5. The van der Waals surface area contributed by atoms with E-state index in [9.17, 15) is 9.18 Å². The molecule has 0 saturated heterocycles. The van der Waals surface area contributed by atoms with Crippen molar-refractivity contribution in [2.45, 2.75) is 0 Å². The summed E-state index contributed by atoms with van der Waals surface area (Å²) in [5.41, 5.74) is 5.73. The van der Waals surface area contributed by atoms with E-state index in [1.54, 1.807) is 6.07 Å². The number of aromatic nitrogens is 1. The molecule has 0 saturated carbocycles. The summed E-state index contributed by atoms with van der Waals surface area (Å²) in [6, 6.07) is 7.24. The minimum absolute atomic E-state index is 0.0930. The molecule has 0 aliphatic heterocycles. The van der Waals surface area contributed by atoms with Crippen molar-refractivity contribution in [3.8, 4) is 0 Å². The van der Waals surface area contributed by atoms with Crippen LogP contribution in [0.25, 0.3) is 0 Å². The number of nitrogens with two attached hydrogens (primary N) is 1.